The highest BCUT2D eigenvalue weighted by Crippen LogP contribution is 2.45. The van der Waals surface area contributed by atoms with E-state index < -0.39 is 47.0 Å². The van der Waals surface area contributed by atoms with Crippen LogP contribution in [0, 0.1) is 0 Å². The summed E-state index contributed by atoms with van der Waals surface area (Å²) >= 11 is 5.36. The number of β-lactam (4-membered cyclic amide) rings is 1. The van der Waals surface area contributed by atoms with E-state index >= 15 is 0 Å². The zero-order chi connectivity index (χ0) is 39.9. The number of nitrogens with zero attached hydrogens (tertiary/aromatic N) is 5. The fraction of sp³-hybridized carbons (Fsp3) is 0.368. The van der Waals surface area contributed by atoms with Gasteiger partial charge in [0, 0.05) is 16.0 Å². The number of H-pyrrole nitrogens is 1. The first kappa shape index (κ1) is 40.4. The van der Waals surface area contributed by atoms with Crippen LogP contribution >= 0.6 is 46.6 Å². The third kappa shape index (κ3) is 10.0. The molecule has 0 radical (unpaired) electrons. The van der Waals surface area contributed by atoms with Crippen molar-refractivity contribution in [3.63, 3.8) is 0 Å². The molecule has 3 N–H and O–H groups in total. The molecule has 15 nitrogen and oxygen atoms in total. The van der Waals surface area contributed by atoms with Crippen LogP contribution in [0.3, 0.4) is 0 Å². The van der Waals surface area contributed by atoms with Crippen molar-refractivity contribution in [3.05, 3.63) is 99.7 Å². The molecule has 1 saturated carbocycles. The number of amides is 3. The molecule has 19 heteroatoms. The van der Waals surface area contributed by atoms with E-state index in [0.29, 0.717) is 20.8 Å². The average molecular weight is 849 g/mol. The molecule has 1 saturated heterocycles. The quantitative estimate of drug-likeness (QED) is 0.0304. The minimum atomic E-state index is -0.991. The smallest absolute Gasteiger partial charge is 0.413 e. The minimum Gasteiger partial charge on any atom is -0.448 e. The SMILES string of the molecule is CC(C)(C)OC(=O)Nc1nc(/C(=N/OC2CCCC2)C(=O)N[C@@H]2C(=O)N3C(C(=O)OC(c4ccccc4)c4ccccc4)=C(SCSc4cn[nH]n4)CS[C@@H]23)cs1. The normalized spacial score (nSPS) is 18.6. The largest absolute Gasteiger partial charge is 0.448 e. The summed E-state index contributed by atoms with van der Waals surface area (Å²) in [5.74, 6) is -1.45. The number of thiazole rings is 1. The van der Waals surface area contributed by atoms with Crippen LogP contribution in [0.5, 0.6) is 0 Å². The topological polar surface area (TPSA) is 190 Å². The van der Waals surface area contributed by atoms with Crippen LogP contribution < -0.4 is 10.6 Å². The molecule has 298 valence electrons. The number of fused-ring (bicyclic) bond motifs is 1. The molecule has 7 rings (SSSR count). The Bertz CT molecular complexity index is 2080. The van der Waals surface area contributed by atoms with Gasteiger partial charge >= 0.3 is 12.1 Å². The van der Waals surface area contributed by atoms with E-state index in [-0.39, 0.29) is 28.3 Å². The van der Waals surface area contributed by atoms with Crippen LogP contribution in [0.4, 0.5) is 9.93 Å². The van der Waals surface area contributed by atoms with Crippen molar-refractivity contribution in [1.29, 1.82) is 0 Å². The number of anilines is 1. The number of rotatable bonds is 14. The molecular weight excluding hydrogens is 809 g/mol. The Kier molecular flexibility index (Phi) is 12.9. The highest BCUT2D eigenvalue weighted by atomic mass is 32.2. The Morgan fingerprint density at radius 3 is 2.39 bits per heavy atom. The molecule has 4 aromatic rings. The fourth-order valence-electron chi connectivity index (χ4n) is 6.23. The molecule has 3 amide bonds. The second-order valence-electron chi connectivity index (χ2n) is 14.1. The molecule has 2 aromatic heterocycles. The molecule has 57 heavy (non-hydrogen) atoms. The monoisotopic (exact) mass is 848 g/mol. The Morgan fingerprint density at radius 2 is 1.74 bits per heavy atom. The lowest BCUT2D eigenvalue weighted by Gasteiger charge is -2.49. The summed E-state index contributed by atoms with van der Waals surface area (Å²) in [6, 6.07) is 17.8. The van der Waals surface area contributed by atoms with E-state index in [1.54, 1.807) is 32.3 Å². The summed E-state index contributed by atoms with van der Waals surface area (Å²) in [6.07, 6.45) is 3.59. The number of carbonyl (C=O) groups is 4. The van der Waals surface area contributed by atoms with Gasteiger partial charge in [-0.05, 0) is 57.6 Å². The number of carbonyl (C=O) groups excluding carboxylic acids is 4. The highest BCUT2D eigenvalue weighted by Gasteiger charge is 2.55. The second kappa shape index (κ2) is 18.2. The average Bonchev–Trinajstić information content (AvgIpc) is 4.01. The van der Waals surface area contributed by atoms with Crippen molar-refractivity contribution in [2.24, 2.45) is 5.16 Å². The molecule has 0 unspecified atom stereocenters. The van der Waals surface area contributed by atoms with Crippen molar-refractivity contribution < 1.29 is 33.5 Å². The lowest BCUT2D eigenvalue weighted by molar-refractivity contribution is -0.154. The van der Waals surface area contributed by atoms with Gasteiger partial charge in [-0.2, -0.15) is 10.3 Å². The number of hydrogen-bond acceptors (Lipinski definition) is 15. The summed E-state index contributed by atoms with van der Waals surface area (Å²) in [6.45, 7) is 5.24. The number of esters is 1. The van der Waals surface area contributed by atoms with Gasteiger partial charge in [-0.15, -0.1) is 40.0 Å². The summed E-state index contributed by atoms with van der Waals surface area (Å²) in [4.78, 5) is 67.2. The summed E-state index contributed by atoms with van der Waals surface area (Å²) < 4.78 is 11.6. The summed E-state index contributed by atoms with van der Waals surface area (Å²) in [5.41, 5.74) is 0.961. The molecule has 2 aliphatic heterocycles. The Balaban J connectivity index is 1.12. The standard InChI is InChI=1S/C38H40N8O7S4/c1-38(2,3)52-37(50)42-36-40-25(19-55-36)28(44-53-24-16-10-11-17-24)32(47)41-29-33(48)46-30(26(20-54-34(29)46)56-21-57-27-18-39-45-43-27)35(49)51-31(22-12-6-4-7-13-22)23-14-8-5-9-15-23/h4-9,12-15,18-19,24,29,31,34H,10-11,16-17,20-21H2,1-3H3,(H,41,47)(H,39,43,45)(H,40,42,50)/b44-28-/t29-,34+/m1/s1. The number of thioether (sulfide) groups is 3. The molecule has 3 aliphatic rings. The molecule has 2 atom stereocenters. The number of ether oxygens (including phenoxy) is 2. The van der Waals surface area contributed by atoms with Gasteiger partial charge in [-0.25, -0.2) is 14.6 Å². The fourth-order valence-corrected chi connectivity index (χ4v) is 10.5. The molecule has 2 fully saturated rings. The van der Waals surface area contributed by atoms with Crippen molar-refractivity contribution in [2.45, 2.75) is 80.7 Å². The maximum atomic E-state index is 14.4. The van der Waals surface area contributed by atoms with Gasteiger partial charge in [0.05, 0.1) is 11.3 Å². The molecule has 2 aromatic carbocycles. The predicted octanol–water partition coefficient (Wildman–Crippen LogP) is 6.70. The lowest BCUT2D eigenvalue weighted by Crippen LogP contribution is -2.71. The zero-order valence-corrected chi connectivity index (χ0v) is 34.5. The van der Waals surface area contributed by atoms with E-state index in [2.05, 4.69) is 36.2 Å². The first-order valence-electron chi connectivity index (χ1n) is 18.1. The first-order chi connectivity index (χ1) is 27.5. The molecule has 0 spiro atoms. The van der Waals surface area contributed by atoms with Crippen LogP contribution in [0.1, 0.15) is 69.4 Å². The van der Waals surface area contributed by atoms with Gasteiger partial charge in [-0.3, -0.25) is 19.8 Å². The third-order valence-electron chi connectivity index (χ3n) is 8.84. The highest BCUT2D eigenvalue weighted by molar-refractivity contribution is 8.18. The van der Waals surface area contributed by atoms with Gasteiger partial charge in [0.2, 0.25) is 0 Å². The molecular formula is C38H40N8O7S4. The van der Waals surface area contributed by atoms with E-state index in [1.807, 2.05) is 60.7 Å². The molecule has 4 heterocycles. The maximum absolute atomic E-state index is 14.4. The maximum Gasteiger partial charge on any atom is 0.413 e. The summed E-state index contributed by atoms with van der Waals surface area (Å²) in [5, 5.41) is 22.5. The van der Waals surface area contributed by atoms with Crippen molar-refractivity contribution in [2.75, 3.05) is 16.2 Å². The number of hydrogen-bond donors (Lipinski definition) is 3. The van der Waals surface area contributed by atoms with E-state index in [0.717, 1.165) is 48.1 Å². The second-order valence-corrected chi connectivity index (χ2v) is 18.5. The zero-order valence-electron chi connectivity index (χ0n) is 31.2. The molecule has 1 aliphatic carbocycles. The Morgan fingerprint density at radius 1 is 1.04 bits per heavy atom. The minimum absolute atomic E-state index is 0.132. The lowest BCUT2D eigenvalue weighted by atomic mass is 10.0. The van der Waals surface area contributed by atoms with Gasteiger partial charge in [0.1, 0.15) is 39.5 Å². The predicted molar refractivity (Wildman–Crippen MR) is 219 cm³/mol. The third-order valence-corrected chi connectivity index (χ3v) is 13.2. The first-order valence-corrected chi connectivity index (χ1v) is 22.0. The van der Waals surface area contributed by atoms with Crippen LogP contribution in [0.25, 0.3) is 0 Å². The van der Waals surface area contributed by atoms with E-state index in [4.69, 9.17) is 14.3 Å². The number of benzene rings is 2. The van der Waals surface area contributed by atoms with Crippen molar-refractivity contribution in [3.8, 4) is 0 Å². The number of nitrogens with one attached hydrogen (secondary N) is 3. The Hall–Kier alpha value is -4.85. The van der Waals surface area contributed by atoms with Crippen LogP contribution in [-0.4, -0.2) is 88.8 Å². The van der Waals surface area contributed by atoms with Gasteiger partial charge in [0.15, 0.2) is 16.9 Å². The van der Waals surface area contributed by atoms with E-state index in [1.165, 1.54) is 40.2 Å². The van der Waals surface area contributed by atoms with Crippen LogP contribution in [0.15, 0.2) is 93.0 Å². The van der Waals surface area contributed by atoms with Gasteiger partial charge in [0.25, 0.3) is 11.8 Å². The number of oxime groups is 1. The summed E-state index contributed by atoms with van der Waals surface area (Å²) in [7, 11) is 0. The van der Waals surface area contributed by atoms with Gasteiger partial charge in [-0.1, -0.05) is 77.6 Å². The van der Waals surface area contributed by atoms with Crippen LogP contribution in [0.2, 0.25) is 0 Å². The molecule has 0 bridgehead atoms. The number of aromatic nitrogens is 4. The number of aromatic amines is 1. The van der Waals surface area contributed by atoms with Gasteiger partial charge < -0.3 is 19.6 Å². The van der Waals surface area contributed by atoms with Crippen LogP contribution in [-0.2, 0) is 28.7 Å². The van der Waals surface area contributed by atoms with E-state index in [9.17, 15) is 19.2 Å². The Labute approximate surface area is 345 Å². The van der Waals surface area contributed by atoms with Crippen molar-refractivity contribution >= 4 is 81.3 Å². The van der Waals surface area contributed by atoms with Crippen molar-refractivity contribution in [1.82, 2.24) is 30.6 Å².